The molecule has 1 saturated heterocycles. The number of carboxylic acids is 1. The van der Waals surface area contributed by atoms with Gasteiger partial charge in [0.05, 0.1) is 29.3 Å². The van der Waals surface area contributed by atoms with E-state index in [2.05, 4.69) is 4.99 Å². The van der Waals surface area contributed by atoms with Crippen LogP contribution in [0.5, 0.6) is 11.5 Å². The van der Waals surface area contributed by atoms with Gasteiger partial charge < -0.3 is 14.9 Å². The number of carboxylic acid groups (broad SMARTS) is 1. The molecule has 1 amide bonds. The zero-order valence-corrected chi connectivity index (χ0v) is 19.2. The van der Waals surface area contributed by atoms with Crippen LogP contribution in [0.2, 0.25) is 0 Å². The predicted octanol–water partition coefficient (Wildman–Crippen LogP) is 5.29. The van der Waals surface area contributed by atoms with Crippen molar-refractivity contribution in [1.82, 2.24) is 4.90 Å². The van der Waals surface area contributed by atoms with Crippen molar-refractivity contribution < 1.29 is 24.5 Å². The smallest absolute Gasteiger partial charge is 0.335 e. The molecule has 0 saturated carbocycles. The molecule has 0 radical (unpaired) electrons. The molecule has 1 aliphatic heterocycles. The summed E-state index contributed by atoms with van der Waals surface area (Å²) in [5.74, 6) is -0.955. The van der Waals surface area contributed by atoms with Crippen molar-refractivity contribution in [2.45, 2.75) is 13.5 Å². The van der Waals surface area contributed by atoms with Gasteiger partial charge in [-0.1, -0.05) is 42.5 Å². The molecule has 0 unspecified atom stereocenters. The van der Waals surface area contributed by atoms with E-state index in [-0.39, 0.29) is 23.8 Å². The highest BCUT2D eigenvalue weighted by Gasteiger charge is 2.33. The molecule has 3 aromatic carbocycles. The lowest BCUT2D eigenvalue weighted by molar-refractivity contribution is -0.122. The van der Waals surface area contributed by atoms with Crippen LogP contribution in [0.15, 0.2) is 82.7 Å². The number of carbonyl (C=O) groups excluding carboxylic acids is 1. The molecule has 3 aromatic rings. The molecule has 172 valence electrons. The average Bonchev–Trinajstić information content (AvgIpc) is 3.11. The number of amides is 1. The number of aromatic carboxylic acids is 1. The van der Waals surface area contributed by atoms with Gasteiger partial charge in [-0.3, -0.25) is 9.69 Å². The summed E-state index contributed by atoms with van der Waals surface area (Å²) < 4.78 is 5.45. The molecule has 0 aromatic heterocycles. The second kappa shape index (κ2) is 10.3. The molecule has 34 heavy (non-hydrogen) atoms. The summed E-state index contributed by atoms with van der Waals surface area (Å²) in [6.07, 6.45) is 1.62. The van der Waals surface area contributed by atoms with E-state index in [1.807, 2.05) is 37.3 Å². The van der Waals surface area contributed by atoms with Gasteiger partial charge in [-0.15, -0.1) is 0 Å². The average molecular weight is 475 g/mol. The summed E-state index contributed by atoms with van der Waals surface area (Å²) in [6.45, 7) is 2.46. The molecule has 4 rings (SSSR count). The third-order valence-corrected chi connectivity index (χ3v) is 6.03. The van der Waals surface area contributed by atoms with E-state index in [0.717, 1.165) is 5.56 Å². The Morgan fingerprint density at radius 2 is 1.79 bits per heavy atom. The number of hydrogen-bond acceptors (Lipinski definition) is 6. The first-order valence-corrected chi connectivity index (χ1v) is 11.4. The fraction of sp³-hybridized carbons (Fsp3) is 0.115. The number of thioether (sulfide) groups is 1. The number of ether oxygens (including phenoxy) is 1. The molecular weight excluding hydrogens is 452 g/mol. The summed E-state index contributed by atoms with van der Waals surface area (Å²) in [4.78, 5) is 31.1. The molecule has 1 aliphatic rings. The minimum absolute atomic E-state index is 0.0329. The SMILES string of the molecule is CCOc1cccc(/C=C2\SC(=Nc3ccccc3)N(Cc3ccc(C(=O)O)cc3)C2=O)c1O. The topological polar surface area (TPSA) is 99.4 Å². The Morgan fingerprint density at radius 1 is 1.06 bits per heavy atom. The van der Waals surface area contributed by atoms with E-state index in [9.17, 15) is 14.7 Å². The Bertz CT molecular complexity index is 1270. The summed E-state index contributed by atoms with van der Waals surface area (Å²) in [7, 11) is 0. The maximum Gasteiger partial charge on any atom is 0.335 e. The minimum Gasteiger partial charge on any atom is -0.504 e. The maximum absolute atomic E-state index is 13.4. The van der Waals surface area contributed by atoms with Crippen molar-refractivity contribution in [3.05, 3.63) is 94.4 Å². The summed E-state index contributed by atoms with van der Waals surface area (Å²) in [6, 6.07) is 20.8. The lowest BCUT2D eigenvalue weighted by Crippen LogP contribution is -2.28. The van der Waals surface area contributed by atoms with Crippen LogP contribution in [0.25, 0.3) is 6.08 Å². The van der Waals surface area contributed by atoms with Gasteiger partial charge in [0, 0.05) is 5.56 Å². The Hall–Kier alpha value is -4.04. The molecule has 0 spiro atoms. The van der Waals surface area contributed by atoms with Gasteiger partial charge >= 0.3 is 5.97 Å². The lowest BCUT2D eigenvalue weighted by atomic mass is 10.1. The van der Waals surface area contributed by atoms with Gasteiger partial charge in [0.15, 0.2) is 16.7 Å². The second-order valence-electron chi connectivity index (χ2n) is 7.36. The molecule has 1 heterocycles. The quantitative estimate of drug-likeness (QED) is 0.451. The number of amidine groups is 1. The van der Waals surface area contributed by atoms with Gasteiger partial charge in [0.1, 0.15) is 0 Å². The lowest BCUT2D eigenvalue weighted by Gasteiger charge is -2.16. The van der Waals surface area contributed by atoms with Crippen molar-refractivity contribution >= 4 is 40.6 Å². The first-order valence-electron chi connectivity index (χ1n) is 10.6. The van der Waals surface area contributed by atoms with Crippen molar-refractivity contribution in [1.29, 1.82) is 0 Å². The fourth-order valence-corrected chi connectivity index (χ4v) is 4.34. The van der Waals surface area contributed by atoms with E-state index in [1.54, 1.807) is 41.3 Å². The number of aromatic hydroxyl groups is 1. The van der Waals surface area contributed by atoms with E-state index < -0.39 is 5.97 Å². The third kappa shape index (κ3) is 5.13. The number of benzene rings is 3. The van der Waals surface area contributed by atoms with E-state index in [4.69, 9.17) is 9.84 Å². The molecule has 7 nitrogen and oxygen atoms in total. The Kier molecular flexibility index (Phi) is 6.98. The van der Waals surface area contributed by atoms with Crippen molar-refractivity contribution in [3.63, 3.8) is 0 Å². The van der Waals surface area contributed by atoms with Gasteiger partial charge in [-0.2, -0.15) is 0 Å². The Morgan fingerprint density at radius 3 is 2.47 bits per heavy atom. The van der Waals surface area contributed by atoms with Crippen molar-refractivity contribution in [3.8, 4) is 11.5 Å². The number of hydrogen-bond donors (Lipinski definition) is 2. The van der Waals surface area contributed by atoms with Crippen LogP contribution < -0.4 is 4.74 Å². The van der Waals surface area contributed by atoms with Gasteiger partial charge in [-0.05, 0) is 60.7 Å². The molecule has 0 atom stereocenters. The number of phenols is 1. The fourth-order valence-electron chi connectivity index (χ4n) is 3.35. The zero-order chi connectivity index (χ0) is 24.1. The predicted molar refractivity (Wildman–Crippen MR) is 132 cm³/mol. The molecular formula is C26H22N2O5S. The normalized spacial score (nSPS) is 15.8. The van der Waals surface area contributed by atoms with Crippen LogP contribution in [-0.2, 0) is 11.3 Å². The highest BCUT2D eigenvalue weighted by molar-refractivity contribution is 8.18. The van der Waals surface area contributed by atoms with Crippen molar-refractivity contribution in [2.24, 2.45) is 4.99 Å². The number of phenolic OH excluding ortho intramolecular Hbond substituents is 1. The van der Waals surface area contributed by atoms with E-state index in [0.29, 0.717) is 33.7 Å². The monoisotopic (exact) mass is 474 g/mol. The second-order valence-corrected chi connectivity index (χ2v) is 8.37. The standard InChI is InChI=1S/C26H22N2O5S/c1-2-33-21-10-6-7-19(23(21)29)15-22-24(30)28(16-17-11-13-18(14-12-17)25(31)32)26(34-22)27-20-8-4-3-5-9-20/h3-15,29H,2,16H2,1H3,(H,31,32)/b22-15-,27-26?. The number of para-hydroxylation sites is 2. The first kappa shape index (κ1) is 23.1. The van der Waals surface area contributed by atoms with E-state index in [1.165, 1.54) is 23.9 Å². The number of aliphatic imine (C=N–C) groups is 1. The van der Waals surface area contributed by atoms with Gasteiger partial charge in [0.2, 0.25) is 0 Å². The molecule has 0 aliphatic carbocycles. The number of nitrogens with zero attached hydrogens (tertiary/aromatic N) is 2. The maximum atomic E-state index is 13.4. The van der Waals surface area contributed by atoms with Crippen LogP contribution in [0.1, 0.15) is 28.4 Å². The highest BCUT2D eigenvalue weighted by Crippen LogP contribution is 2.38. The van der Waals surface area contributed by atoms with Crippen LogP contribution in [0, 0.1) is 0 Å². The first-order chi connectivity index (χ1) is 16.5. The molecule has 1 fully saturated rings. The van der Waals surface area contributed by atoms with Crippen molar-refractivity contribution in [2.75, 3.05) is 6.61 Å². The van der Waals surface area contributed by atoms with Crippen LogP contribution in [0.3, 0.4) is 0 Å². The zero-order valence-electron chi connectivity index (χ0n) is 18.3. The van der Waals surface area contributed by atoms with Gasteiger partial charge in [0.25, 0.3) is 5.91 Å². The van der Waals surface area contributed by atoms with Gasteiger partial charge in [-0.25, -0.2) is 9.79 Å². The Balaban J connectivity index is 1.69. The highest BCUT2D eigenvalue weighted by atomic mass is 32.2. The van der Waals surface area contributed by atoms with Crippen LogP contribution in [0.4, 0.5) is 5.69 Å². The number of rotatable bonds is 7. The van der Waals surface area contributed by atoms with Crippen LogP contribution in [-0.4, -0.2) is 38.8 Å². The molecule has 2 N–H and O–H groups in total. The number of carbonyl (C=O) groups is 2. The van der Waals surface area contributed by atoms with Crippen LogP contribution >= 0.6 is 11.8 Å². The summed E-state index contributed by atoms with van der Waals surface area (Å²) in [5, 5.41) is 20.2. The van der Waals surface area contributed by atoms with E-state index >= 15 is 0 Å². The molecule has 8 heteroatoms. The largest absolute Gasteiger partial charge is 0.504 e. The molecule has 0 bridgehead atoms. The third-order valence-electron chi connectivity index (χ3n) is 5.03. The minimum atomic E-state index is -1.01. The summed E-state index contributed by atoms with van der Waals surface area (Å²) in [5.41, 5.74) is 2.11. The summed E-state index contributed by atoms with van der Waals surface area (Å²) >= 11 is 1.21. The Labute approximate surface area is 201 Å².